The molecule has 0 aliphatic heterocycles. The van der Waals surface area contributed by atoms with Crippen LogP contribution in [-0.2, 0) is 0 Å². The molecule has 0 aliphatic rings. The number of imidazole rings is 1. The summed E-state index contributed by atoms with van der Waals surface area (Å²) in [7, 11) is 0. The summed E-state index contributed by atoms with van der Waals surface area (Å²) in [5.41, 5.74) is 10.5. The van der Waals surface area contributed by atoms with Crippen LogP contribution < -0.4 is 0 Å². The second-order valence-corrected chi connectivity index (χ2v) is 9.22. The van der Waals surface area contributed by atoms with Gasteiger partial charge in [0.1, 0.15) is 17.7 Å². The minimum absolute atomic E-state index is 0.836. The third-order valence-corrected chi connectivity index (χ3v) is 6.84. The van der Waals surface area contributed by atoms with E-state index < -0.39 is 0 Å². The van der Waals surface area contributed by atoms with Crippen molar-refractivity contribution in [3.8, 4) is 39.3 Å². The monoisotopic (exact) mass is 477 g/mol. The molecule has 0 bridgehead atoms. The number of furan rings is 1. The van der Waals surface area contributed by atoms with Gasteiger partial charge in [0.2, 0.25) is 0 Å². The standard InChI is InChI=1S/C33H23N3O/c1-22-19-26(17-18-34-22)25-13-16-32-28(20-25)29(21-37-32)33-35-30-9-5-6-10-31(30)36(33)27-14-11-24(12-15-27)23-7-3-2-4-8-23/h2-21H,1H3. The fraction of sp³-hybridized carbons (Fsp3) is 0.0303. The van der Waals surface area contributed by atoms with Crippen molar-refractivity contribution in [2.45, 2.75) is 6.92 Å². The largest absolute Gasteiger partial charge is 0.464 e. The molecule has 0 N–H and O–H groups in total. The van der Waals surface area contributed by atoms with E-state index >= 15 is 0 Å². The van der Waals surface area contributed by atoms with Gasteiger partial charge in [-0.3, -0.25) is 9.55 Å². The average molecular weight is 478 g/mol. The number of fused-ring (bicyclic) bond motifs is 2. The van der Waals surface area contributed by atoms with E-state index in [1.807, 2.05) is 43.6 Å². The van der Waals surface area contributed by atoms with E-state index in [0.717, 1.165) is 55.9 Å². The van der Waals surface area contributed by atoms with E-state index in [0.29, 0.717) is 0 Å². The number of pyridine rings is 1. The van der Waals surface area contributed by atoms with Crippen molar-refractivity contribution in [2.75, 3.05) is 0 Å². The molecule has 4 nitrogen and oxygen atoms in total. The maximum atomic E-state index is 6.02. The zero-order valence-electron chi connectivity index (χ0n) is 20.3. The lowest BCUT2D eigenvalue weighted by molar-refractivity contribution is 0.616. The third-order valence-electron chi connectivity index (χ3n) is 6.84. The van der Waals surface area contributed by atoms with Crippen molar-refractivity contribution >= 4 is 22.0 Å². The Kier molecular flexibility index (Phi) is 4.96. The Morgan fingerprint density at radius 3 is 2.24 bits per heavy atom. The summed E-state index contributed by atoms with van der Waals surface area (Å²) >= 11 is 0. The summed E-state index contributed by atoms with van der Waals surface area (Å²) in [5, 5.41) is 1.03. The van der Waals surface area contributed by atoms with E-state index in [1.165, 1.54) is 11.1 Å². The number of hydrogen-bond donors (Lipinski definition) is 0. The van der Waals surface area contributed by atoms with Crippen LogP contribution >= 0.6 is 0 Å². The molecule has 0 unspecified atom stereocenters. The molecular formula is C33H23N3O. The molecule has 3 aromatic heterocycles. The number of aromatic nitrogens is 3. The molecule has 4 aromatic carbocycles. The Labute approximate surface area is 214 Å². The molecule has 176 valence electrons. The molecule has 0 saturated heterocycles. The van der Waals surface area contributed by atoms with E-state index in [-0.39, 0.29) is 0 Å². The first-order valence-electron chi connectivity index (χ1n) is 12.3. The SMILES string of the molecule is Cc1cc(-c2ccc3occ(-c4nc5ccccc5n4-c4ccc(-c5ccccc5)cc4)c3c2)ccn1. The molecule has 4 heteroatoms. The lowest BCUT2D eigenvalue weighted by atomic mass is 10.0. The van der Waals surface area contributed by atoms with Crippen LogP contribution in [0.5, 0.6) is 0 Å². The average Bonchev–Trinajstić information content (AvgIpc) is 3.54. The maximum Gasteiger partial charge on any atom is 0.149 e. The molecule has 0 aliphatic carbocycles. The van der Waals surface area contributed by atoms with Gasteiger partial charge in [0.15, 0.2) is 0 Å². The van der Waals surface area contributed by atoms with Crippen LogP contribution in [-0.4, -0.2) is 14.5 Å². The zero-order chi connectivity index (χ0) is 24.8. The summed E-state index contributed by atoms with van der Waals surface area (Å²) in [6.07, 6.45) is 3.67. The van der Waals surface area contributed by atoms with E-state index in [2.05, 4.69) is 94.5 Å². The molecule has 7 rings (SSSR count). The van der Waals surface area contributed by atoms with Gasteiger partial charge in [0.05, 0.1) is 16.6 Å². The predicted molar refractivity (Wildman–Crippen MR) is 150 cm³/mol. The molecule has 0 atom stereocenters. The van der Waals surface area contributed by atoms with Crippen LogP contribution in [0.2, 0.25) is 0 Å². The fourth-order valence-corrected chi connectivity index (χ4v) is 5.01. The number of para-hydroxylation sites is 2. The van der Waals surface area contributed by atoms with Crippen molar-refractivity contribution in [1.82, 2.24) is 14.5 Å². The Morgan fingerprint density at radius 2 is 1.41 bits per heavy atom. The summed E-state index contributed by atoms with van der Waals surface area (Å²) in [6.45, 7) is 2.01. The molecule has 37 heavy (non-hydrogen) atoms. The van der Waals surface area contributed by atoms with Gasteiger partial charge < -0.3 is 4.42 Å². The molecule has 0 spiro atoms. The first-order valence-corrected chi connectivity index (χ1v) is 12.3. The van der Waals surface area contributed by atoms with Crippen LogP contribution in [0.3, 0.4) is 0 Å². The quantitative estimate of drug-likeness (QED) is 0.255. The van der Waals surface area contributed by atoms with Crippen LogP contribution in [0, 0.1) is 6.92 Å². The zero-order valence-corrected chi connectivity index (χ0v) is 20.3. The van der Waals surface area contributed by atoms with Gasteiger partial charge in [-0.15, -0.1) is 0 Å². The van der Waals surface area contributed by atoms with E-state index in [4.69, 9.17) is 9.40 Å². The number of rotatable bonds is 4. The molecular weight excluding hydrogens is 454 g/mol. The second kappa shape index (κ2) is 8.61. The molecule has 7 aromatic rings. The van der Waals surface area contributed by atoms with Crippen LogP contribution in [0.15, 0.2) is 126 Å². The number of nitrogens with zero attached hydrogens (tertiary/aromatic N) is 3. The first-order chi connectivity index (χ1) is 18.2. The lowest BCUT2D eigenvalue weighted by Gasteiger charge is -2.10. The number of benzene rings is 4. The van der Waals surface area contributed by atoms with Gasteiger partial charge in [0, 0.05) is 23.0 Å². The Bertz CT molecular complexity index is 1880. The number of hydrogen-bond acceptors (Lipinski definition) is 3. The summed E-state index contributed by atoms with van der Waals surface area (Å²) in [4.78, 5) is 9.42. The maximum absolute atomic E-state index is 6.02. The Balaban J connectivity index is 1.41. The highest BCUT2D eigenvalue weighted by Gasteiger charge is 2.19. The molecule has 3 heterocycles. The molecule has 0 amide bonds. The predicted octanol–water partition coefficient (Wildman–Crippen LogP) is 8.48. The molecule has 0 radical (unpaired) electrons. The van der Waals surface area contributed by atoms with Crippen LogP contribution in [0.1, 0.15) is 5.69 Å². The van der Waals surface area contributed by atoms with E-state index in [9.17, 15) is 0 Å². The minimum Gasteiger partial charge on any atom is -0.464 e. The van der Waals surface area contributed by atoms with Gasteiger partial charge in [-0.1, -0.05) is 60.7 Å². The highest BCUT2D eigenvalue weighted by Crippen LogP contribution is 2.37. The van der Waals surface area contributed by atoms with Crippen LogP contribution in [0.25, 0.3) is 61.3 Å². The fourth-order valence-electron chi connectivity index (χ4n) is 5.01. The lowest BCUT2D eigenvalue weighted by Crippen LogP contribution is -1.97. The Hall–Kier alpha value is -4.96. The normalized spacial score (nSPS) is 11.4. The Morgan fingerprint density at radius 1 is 0.676 bits per heavy atom. The topological polar surface area (TPSA) is 43.9 Å². The number of aryl methyl sites for hydroxylation is 1. The van der Waals surface area contributed by atoms with Gasteiger partial charge in [0.25, 0.3) is 0 Å². The van der Waals surface area contributed by atoms with Crippen molar-refractivity contribution in [3.63, 3.8) is 0 Å². The van der Waals surface area contributed by atoms with Gasteiger partial charge in [-0.05, 0) is 77.7 Å². The van der Waals surface area contributed by atoms with E-state index in [1.54, 1.807) is 0 Å². The second-order valence-electron chi connectivity index (χ2n) is 9.22. The van der Waals surface area contributed by atoms with Gasteiger partial charge in [-0.25, -0.2) is 4.98 Å². The summed E-state index contributed by atoms with van der Waals surface area (Å²) in [6, 6.07) is 37.8. The van der Waals surface area contributed by atoms with Crippen molar-refractivity contribution in [1.29, 1.82) is 0 Å². The van der Waals surface area contributed by atoms with Crippen molar-refractivity contribution in [3.05, 3.63) is 127 Å². The van der Waals surface area contributed by atoms with Crippen molar-refractivity contribution < 1.29 is 4.42 Å². The van der Waals surface area contributed by atoms with Crippen LogP contribution in [0.4, 0.5) is 0 Å². The van der Waals surface area contributed by atoms with Gasteiger partial charge in [-0.2, -0.15) is 0 Å². The molecule has 0 fully saturated rings. The smallest absolute Gasteiger partial charge is 0.149 e. The summed E-state index contributed by atoms with van der Waals surface area (Å²) < 4.78 is 8.24. The molecule has 0 saturated carbocycles. The summed E-state index contributed by atoms with van der Waals surface area (Å²) in [5.74, 6) is 0.857. The first kappa shape index (κ1) is 21.3. The minimum atomic E-state index is 0.836. The third kappa shape index (κ3) is 3.71. The highest BCUT2D eigenvalue weighted by molar-refractivity contribution is 5.97. The highest BCUT2D eigenvalue weighted by atomic mass is 16.3. The van der Waals surface area contributed by atoms with Crippen molar-refractivity contribution in [2.24, 2.45) is 0 Å². The van der Waals surface area contributed by atoms with Gasteiger partial charge >= 0.3 is 0 Å².